The zero-order valence-electron chi connectivity index (χ0n) is 10.8. The molecule has 2 rings (SSSR count). The Kier molecular flexibility index (Phi) is 4.23. The molecule has 0 amide bonds. The first-order chi connectivity index (χ1) is 8.36. The molecule has 0 fully saturated rings. The molecule has 1 N–H and O–H groups in total. The van der Waals surface area contributed by atoms with E-state index in [4.69, 9.17) is 0 Å². The molecule has 17 heavy (non-hydrogen) atoms. The zero-order valence-corrected chi connectivity index (χ0v) is 10.8. The van der Waals surface area contributed by atoms with Crippen LogP contribution in [0.25, 0.3) is 0 Å². The number of aryl methyl sites for hydroxylation is 1. The number of hydrogen-bond acceptors (Lipinski definition) is 1. The van der Waals surface area contributed by atoms with Crippen molar-refractivity contribution < 1.29 is 0 Å². The van der Waals surface area contributed by atoms with Crippen LogP contribution >= 0.6 is 0 Å². The van der Waals surface area contributed by atoms with Gasteiger partial charge in [-0.3, -0.25) is 0 Å². The second-order valence-corrected chi connectivity index (χ2v) is 4.64. The fraction of sp³-hybridized carbons (Fsp3) is 0.500. The standard InChI is InChI=1S/C16H21N/c1-3-5-10-16(17-4-2)15-12-11-13-8-6-7-9-14(13)15/h6-9,15-17H,4,10-12H2,1-2H3. The van der Waals surface area contributed by atoms with Crippen molar-refractivity contribution in [1.82, 2.24) is 5.32 Å². The van der Waals surface area contributed by atoms with Crippen LogP contribution in [0.3, 0.4) is 0 Å². The topological polar surface area (TPSA) is 12.0 Å². The molecule has 0 aromatic heterocycles. The summed E-state index contributed by atoms with van der Waals surface area (Å²) in [5.74, 6) is 6.89. The van der Waals surface area contributed by atoms with Gasteiger partial charge in [-0.2, -0.15) is 0 Å². The van der Waals surface area contributed by atoms with E-state index < -0.39 is 0 Å². The Morgan fingerprint density at radius 1 is 1.41 bits per heavy atom. The minimum atomic E-state index is 0.510. The van der Waals surface area contributed by atoms with E-state index in [0.29, 0.717) is 12.0 Å². The van der Waals surface area contributed by atoms with Gasteiger partial charge in [0.25, 0.3) is 0 Å². The van der Waals surface area contributed by atoms with E-state index in [9.17, 15) is 0 Å². The summed E-state index contributed by atoms with van der Waals surface area (Å²) in [4.78, 5) is 0. The van der Waals surface area contributed by atoms with Crippen molar-refractivity contribution in [3.8, 4) is 11.8 Å². The van der Waals surface area contributed by atoms with Gasteiger partial charge in [-0.05, 0) is 37.4 Å². The first-order valence-electron chi connectivity index (χ1n) is 6.57. The first-order valence-corrected chi connectivity index (χ1v) is 6.57. The lowest BCUT2D eigenvalue weighted by atomic mass is 9.91. The van der Waals surface area contributed by atoms with Crippen LogP contribution < -0.4 is 5.32 Å². The Bertz CT molecular complexity index is 425. The van der Waals surface area contributed by atoms with Gasteiger partial charge in [0, 0.05) is 18.4 Å². The van der Waals surface area contributed by atoms with Crippen molar-refractivity contribution in [3.63, 3.8) is 0 Å². The van der Waals surface area contributed by atoms with Crippen molar-refractivity contribution >= 4 is 0 Å². The Balaban J connectivity index is 2.17. The lowest BCUT2D eigenvalue weighted by Gasteiger charge is -2.23. The minimum Gasteiger partial charge on any atom is -0.313 e. The third-order valence-electron chi connectivity index (χ3n) is 3.63. The zero-order chi connectivity index (χ0) is 12.1. The molecule has 0 heterocycles. The van der Waals surface area contributed by atoms with Crippen LogP contribution in [-0.2, 0) is 6.42 Å². The summed E-state index contributed by atoms with van der Waals surface area (Å²) in [5.41, 5.74) is 3.07. The number of likely N-dealkylation sites (N-methyl/N-ethyl adjacent to an activating group) is 1. The molecule has 0 saturated heterocycles. The van der Waals surface area contributed by atoms with E-state index in [1.54, 1.807) is 0 Å². The SMILES string of the molecule is CC#CCC(NCC)C1CCc2ccccc21. The number of fused-ring (bicyclic) bond motifs is 1. The van der Waals surface area contributed by atoms with Crippen LogP contribution in [0.2, 0.25) is 0 Å². The van der Waals surface area contributed by atoms with E-state index in [0.717, 1.165) is 13.0 Å². The van der Waals surface area contributed by atoms with E-state index in [-0.39, 0.29) is 0 Å². The molecule has 0 radical (unpaired) electrons. The molecule has 1 aliphatic rings. The average molecular weight is 227 g/mol. The highest BCUT2D eigenvalue weighted by Gasteiger charge is 2.28. The third kappa shape index (κ3) is 2.70. The van der Waals surface area contributed by atoms with Gasteiger partial charge < -0.3 is 5.32 Å². The quantitative estimate of drug-likeness (QED) is 0.779. The van der Waals surface area contributed by atoms with Crippen molar-refractivity contribution in [2.24, 2.45) is 0 Å². The van der Waals surface area contributed by atoms with Gasteiger partial charge in [0.2, 0.25) is 0 Å². The molecular formula is C16H21N. The maximum Gasteiger partial charge on any atom is 0.0249 e. The van der Waals surface area contributed by atoms with E-state index in [1.165, 1.54) is 24.0 Å². The van der Waals surface area contributed by atoms with Crippen molar-refractivity contribution in [1.29, 1.82) is 0 Å². The summed E-state index contributed by atoms with van der Waals surface area (Å²) < 4.78 is 0. The Morgan fingerprint density at radius 2 is 2.24 bits per heavy atom. The van der Waals surface area contributed by atoms with Gasteiger partial charge >= 0.3 is 0 Å². The van der Waals surface area contributed by atoms with Crippen molar-refractivity contribution in [3.05, 3.63) is 35.4 Å². The van der Waals surface area contributed by atoms with Gasteiger partial charge in [-0.25, -0.2) is 0 Å². The second kappa shape index (κ2) is 5.89. The summed E-state index contributed by atoms with van der Waals surface area (Å²) >= 11 is 0. The number of benzene rings is 1. The van der Waals surface area contributed by atoms with Crippen LogP contribution in [0, 0.1) is 11.8 Å². The summed E-state index contributed by atoms with van der Waals surface area (Å²) in [6.45, 7) is 5.12. The van der Waals surface area contributed by atoms with Gasteiger partial charge in [-0.15, -0.1) is 11.8 Å². The maximum absolute atomic E-state index is 3.60. The highest BCUT2D eigenvalue weighted by molar-refractivity contribution is 5.36. The molecule has 0 aliphatic heterocycles. The van der Waals surface area contributed by atoms with Crippen molar-refractivity contribution in [2.45, 2.75) is 45.1 Å². The van der Waals surface area contributed by atoms with Gasteiger partial charge in [0.1, 0.15) is 0 Å². The lowest BCUT2D eigenvalue weighted by Crippen LogP contribution is -2.33. The Morgan fingerprint density at radius 3 is 3.00 bits per heavy atom. The largest absolute Gasteiger partial charge is 0.313 e. The highest BCUT2D eigenvalue weighted by Crippen LogP contribution is 2.36. The number of hydrogen-bond donors (Lipinski definition) is 1. The van der Waals surface area contributed by atoms with Crippen molar-refractivity contribution in [2.75, 3.05) is 6.54 Å². The third-order valence-corrected chi connectivity index (χ3v) is 3.63. The second-order valence-electron chi connectivity index (χ2n) is 4.64. The van der Waals surface area contributed by atoms with Crippen LogP contribution in [0.15, 0.2) is 24.3 Å². The summed E-state index contributed by atoms with van der Waals surface area (Å²) in [6, 6.07) is 9.37. The molecule has 2 atom stereocenters. The molecule has 1 aromatic carbocycles. The van der Waals surface area contributed by atoms with Crippen LogP contribution in [0.5, 0.6) is 0 Å². The summed E-state index contributed by atoms with van der Waals surface area (Å²) in [7, 11) is 0. The molecule has 0 spiro atoms. The van der Waals surface area contributed by atoms with E-state index >= 15 is 0 Å². The van der Waals surface area contributed by atoms with Crippen LogP contribution in [-0.4, -0.2) is 12.6 Å². The Labute approximate surface area is 105 Å². The predicted molar refractivity (Wildman–Crippen MR) is 73.0 cm³/mol. The molecular weight excluding hydrogens is 206 g/mol. The molecule has 2 unspecified atom stereocenters. The molecule has 1 heteroatoms. The highest BCUT2D eigenvalue weighted by atomic mass is 14.9. The summed E-state index contributed by atoms with van der Waals surface area (Å²) in [6.07, 6.45) is 3.45. The monoisotopic (exact) mass is 227 g/mol. The van der Waals surface area contributed by atoms with E-state index in [2.05, 4.69) is 48.3 Å². The smallest absolute Gasteiger partial charge is 0.0249 e. The Hall–Kier alpha value is -1.26. The summed E-state index contributed by atoms with van der Waals surface area (Å²) in [5, 5.41) is 3.60. The molecule has 1 aliphatic carbocycles. The first kappa shape index (κ1) is 12.2. The van der Waals surface area contributed by atoms with Crippen LogP contribution in [0.1, 0.15) is 43.7 Å². The normalized spacial score (nSPS) is 19.3. The average Bonchev–Trinajstić information content (AvgIpc) is 2.78. The maximum atomic E-state index is 3.60. The molecule has 0 bridgehead atoms. The molecule has 0 saturated carbocycles. The van der Waals surface area contributed by atoms with Gasteiger partial charge in [-0.1, -0.05) is 31.2 Å². The van der Waals surface area contributed by atoms with Gasteiger partial charge in [0.05, 0.1) is 0 Å². The minimum absolute atomic E-state index is 0.510. The molecule has 90 valence electrons. The molecule has 1 aromatic rings. The fourth-order valence-electron chi connectivity index (χ4n) is 2.84. The fourth-order valence-corrected chi connectivity index (χ4v) is 2.84. The number of rotatable bonds is 4. The van der Waals surface area contributed by atoms with Crippen LogP contribution in [0.4, 0.5) is 0 Å². The lowest BCUT2D eigenvalue weighted by molar-refractivity contribution is 0.445. The van der Waals surface area contributed by atoms with Gasteiger partial charge in [0.15, 0.2) is 0 Å². The molecule has 1 nitrogen and oxygen atoms in total. The number of nitrogens with one attached hydrogen (secondary N) is 1. The predicted octanol–water partition coefficient (Wildman–Crippen LogP) is 3.11. The van der Waals surface area contributed by atoms with E-state index in [1.807, 2.05) is 6.92 Å².